The van der Waals surface area contributed by atoms with Gasteiger partial charge in [-0.3, -0.25) is 0 Å². The Hall–Kier alpha value is -0.120. The number of rotatable bonds is 6. The van der Waals surface area contributed by atoms with E-state index in [1.54, 1.807) is 0 Å². The zero-order valence-electron chi connectivity index (χ0n) is 12.9. The molecular weight excluding hydrogens is 224 g/mol. The molecular formula is C15H32N2O. The summed E-state index contributed by atoms with van der Waals surface area (Å²) in [4.78, 5) is 2.40. The van der Waals surface area contributed by atoms with Gasteiger partial charge in [-0.2, -0.15) is 0 Å². The van der Waals surface area contributed by atoms with Crippen LogP contribution in [0.5, 0.6) is 0 Å². The number of hydrogen-bond acceptors (Lipinski definition) is 3. The molecule has 2 atom stereocenters. The van der Waals surface area contributed by atoms with Crippen LogP contribution in [0.15, 0.2) is 0 Å². The van der Waals surface area contributed by atoms with E-state index in [4.69, 9.17) is 0 Å². The quantitative estimate of drug-likeness (QED) is 0.764. The normalized spacial score (nSPS) is 29.8. The topological polar surface area (TPSA) is 35.5 Å². The highest BCUT2D eigenvalue weighted by molar-refractivity contribution is 4.95. The van der Waals surface area contributed by atoms with Crippen molar-refractivity contribution in [2.75, 3.05) is 33.8 Å². The smallest absolute Gasteiger partial charge is 0.0494 e. The first-order chi connectivity index (χ1) is 8.31. The molecule has 0 radical (unpaired) electrons. The summed E-state index contributed by atoms with van der Waals surface area (Å²) >= 11 is 0. The van der Waals surface area contributed by atoms with Gasteiger partial charge >= 0.3 is 0 Å². The van der Waals surface area contributed by atoms with Crippen LogP contribution < -0.4 is 5.32 Å². The first kappa shape index (κ1) is 15.9. The molecule has 0 amide bonds. The molecule has 2 unspecified atom stereocenters. The van der Waals surface area contributed by atoms with Crippen LogP contribution in [0.2, 0.25) is 0 Å². The summed E-state index contributed by atoms with van der Waals surface area (Å²) in [6.07, 6.45) is 5.28. The highest BCUT2D eigenvalue weighted by atomic mass is 16.3. The van der Waals surface area contributed by atoms with Crippen molar-refractivity contribution in [1.29, 1.82) is 0 Å². The molecule has 0 bridgehead atoms. The number of nitrogens with one attached hydrogen (secondary N) is 1. The second kappa shape index (κ2) is 6.36. The molecule has 0 saturated heterocycles. The van der Waals surface area contributed by atoms with Crippen molar-refractivity contribution in [3.63, 3.8) is 0 Å². The van der Waals surface area contributed by atoms with Crippen LogP contribution in [-0.2, 0) is 0 Å². The van der Waals surface area contributed by atoms with E-state index in [2.05, 4.69) is 45.1 Å². The Labute approximate surface area is 113 Å². The van der Waals surface area contributed by atoms with E-state index < -0.39 is 0 Å². The van der Waals surface area contributed by atoms with Crippen molar-refractivity contribution in [3.8, 4) is 0 Å². The van der Waals surface area contributed by atoms with Gasteiger partial charge in [-0.1, -0.05) is 33.6 Å². The third-order valence-electron chi connectivity index (χ3n) is 4.50. The van der Waals surface area contributed by atoms with Crippen LogP contribution in [0, 0.1) is 11.3 Å². The van der Waals surface area contributed by atoms with E-state index >= 15 is 0 Å². The number of nitrogens with zero attached hydrogens (tertiary/aromatic N) is 1. The maximum absolute atomic E-state index is 9.30. The number of likely N-dealkylation sites (N-methyl/N-ethyl adjacent to an activating group) is 1. The fraction of sp³-hybridized carbons (Fsp3) is 1.00. The van der Waals surface area contributed by atoms with Crippen LogP contribution in [0.3, 0.4) is 0 Å². The zero-order valence-corrected chi connectivity index (χ0v) is 12.9. The Bertz CT molecular complexity index is 253. The predicted octanol–water partition coefficient (Wildman–Crippen LogP) is 2.10. The number of aliphatic hydroxyl groups is 1. The van der Waals surface area contributed by atoms with Gasteiger partial charge in [0, 0.05) is 30.7 Å². The Kier molecular flexibility index (Phi) is 5.63. The Morgan fingerprint density at radius 1 is 1.39 bits per heavy atom. The van der Waals surface area contributed by atoms with E-state index in [9.17, 15) is 5.11 Å². The van der Waals surface area contributed by atoms with Crippen molar-refractivity contribution in [1.82, 2.24) is 10.2 Å². The average molecular weight is 256 g/mol. The van der Waals surface area contributed by atoms with Crippen molar-refractivity contribution in [2.24, 2.45) is 11.3 Å². The second-order valence-corrected chi connectivity index (χ2v) is 7.25. The summed E-state index contributed by atoms with van der Waals surface area (Å²) in [5.41, 5.74) is 0.289. The molecule has 2 N–H and O–H groups in total. The van der Waals surface area contributed by atoms with E-state index in [0.717, 1.165) is 19.0 Å². The molecule has 1 fully saturated rings. The molecule has 0 aliphatic heterocycles. The molecule has 1 aliphatic rings. The largest absolute Gasteiger partial charge is 0.396 e. The summed E-state index contributed by atoms with van der Waals surface area (Å²) in [5, 5.41) is 12.9. The van der Waals surface area contributed by atoms with Gasteiger partial charge in [0.25, 0.3) is 0 Å². The summed E-state index contributed by atoms with van der Waals surface area (Å²) < 4.78 is 0. The standard InChI is InChI=1S/C15H32N2O/c1-13-7-6-8-15(9-13,17(4)5)11-16-10-14(2,3)12-18/h13,16,18H,6-12H2,1-5H3. The third kappa shape index (κ3) is 4.22. The minimum atomic E-state index is -0.0201. The van der Waals surface area contributed by atoms with Crippen molar-refractivity contribution in [2.45, 2.75) is 52.0 Å². The minimum absolute atomic E-state index is 0.0201. The summed E-state index contributed by atoms with van der Waals surface area (Å²) in [6.45, 7) is 8.74. The highest BCUT2D eigenvalue weighted by Gasteiger charge is 2.36. The molecule has 3 heteroatoms. The number of aliphatic hydroxyl groups excluding tert-OH is 1. The molecule has 108 valence electrons. The third-order valence-corrected chi connectivity index (χ3v) is 4.50. The van der Waals surface area contributed by atoms with Gasteiger partial charge in [0.15, 0.2) is 0 Å². The predicted molar refractivity (Wildman–Crippen MR) is 77.8 cm³/mol. The Balaban J connectivity index is 2.53. The van der Waals surface area contributed by atoms with Crippen LogP contribution in [0.1, 0.15) is 46.5 Å². The first-order valence-electron chi connectivity index (χ1n) is 7.30. The van der Waals surface area contributed by atoms with Gasteiger partial charge in [0.2, 0.25) is 0 Å². The maximum atomic E-state index is 9.30. The van der Waals surface area contributed by atoms with Crippen molar-refractivity contribution in [3.05, 3.63) is 0 Å². The van der Waals surface area contributed by atoms with Gasteiger partial charge in [-0.25, -0.2) is 0 Å². The molecule has 1 saturated carbocycles. The van der Waals surface area contributed by atoms with E-state index in [1.165, 1.54) is 25.7 Å². The van der Waals surface area contributed by atoms with Gasteiger partial charge < -0.3 is 15.3 Å². The second-order valence-electron chi connectivity index (χ2n) is 7.25. The molecule has 0 heterocycles. The zero-order chi connectivity index (χ0) is 13.8. The molecule has 0 aromatic rings. The molecule has 0 aromatic heterocycles. The minimum Gasteiger partial charge on any atom is -0.396 e. The summed E-state index contributed by atoms with van der Waals surface area (Å²) in [7, 11) is 4.41. The lowest BCUT2D eigenvalue weighted by molar-refractivity contribution is 0.0691. The van der Waals surface area contributed by atoms with Crippen molar-refractivity contribution < 1.29 is 5.11 Å². The Morgan fingerprint density at radius 3 is 2.56 bits per heavy atom. The summed E-state index contributed by atoms with van der Waals surface area (Å²) in [5.74, 6) is 0.828. The van der Waals surface area contributed by atoms with Gasteiger partial charge in [0.05, 0.1) is 0 Å². The van der Waals surface area contributed by atoms with Crippen LogP contribution >= 0.6 is 0 Å². The Morgan fingerprint density at radius 2 is 2.06 bits per heavy atom. The highest BCUT2D eigenvalue weighted by Crippen LogP contribution is 2.35. The van der Waals surface area contributed by atoms with Crippen LogP contribution in [0.4, 0.5) is 0 Å². The monoisotopic (exact) mass is 256 g/mol. The molecule has 0 aromatic carbocycles. The molecule has 18 heavy (non-hydrogen) atoms. The number of hydrogen-bond donors (Lipinski definition) is 2. The lowest BCUT2D eigenvalue weighted by Gasteiger charge is -2.46. The van der Waals surface area contributed by atoms with E-state index in [-0.39, 0.29) is 12.0 Å². The SMILES string of the molecule is CC1CCCC(CNCC(C)(C)CO)(N(C)C)C1. The molecule has 1 rings (SSSR count). The average Bonchev–Trinajstić information content (AvgIpc) is 2.28. The lowest BCUT2D eigenvalue weighted by Crippen LogP contribution is -2.55. The fourth-order valence-corrected chi connectivity index (χ4v) is 3.05. The summed E-state index contributed by atoms with van der Waals surface area (Å²) in [6, 6.07) is 0. The van der Waals surface area contributed by atoms with Crippen LogP contribution in [0.25, 0.3) is 0 Å². The molecule has 3 nitrogen and oxygen atoms in total. The van der Waals surface area contributed by atoms with Gasteiger partial charge in [-0.15, -0.1) is 0 Å². The van der Waals surface area contributed by atoms with Crippen LogP contribution in [-0.4, -0.2) is 49.3 Å². The van der Waals surface area contributed by atoms with E-state index in [0.29, 0.717) is 5.54 Å². The molecule has 1 aliphatic carbocycles. The molecule has 0 spiro atoms. The first-order valence-corrected chi connectivity index (χ1v) is 7.30. The fourth-order valence-electron chi connectivity index (χ4n) is 3.05. The van der Waals surface area contributed by atoms with E-state index in [1.807, 2.05) is 0 Å². The van der Waals surface area contributed by atoms with Gasteiger partial charge in [0.1, 0.15) is 0 Å². The van der Waals surface area contributed by atoms with Gasteiger partial charge in [-0.05, 0) is 32.9 Å². The maximum Gasteiger partial charge on any atom is 0.0494 e. The lowest BCUT2D eigenvalue weighted by atomic mass is 9.75. The van der Waals surface area contributed by atoms with Crippen molar-refractivity contribution >= 4 is 0 Å².